The summed E-state index contributed by atoms with van der Waals surface area (Å²) < 4.78 is 45.0. The van der Waals surface area contributed by atoms with E-state index in [4.69, 9.17) is 9.84 Å². The summed E-state index contributed by atoms with van der Waals surface area (Å²) in [6.45, 7) is 0.617. The Hall–Kier alpha value is -3.97. The molecule has 2 aliphatic heterocycles. The number of aromatic nitrogens is 3. The number of benzene rings is 1. The zero-order valence-corrected chi connectivity index (χ0v) is 19.4. The standard InChI is InChI=1S/C24H23F3N6O4/c25-24(26,27)15-4-1-3-14(9-15)21-28-10-18-22(31-21)33(16-7-8-32(18)11-16)23(36)30-19-5-2-6-20(29-19)37-13-17(35)12-34/h1-6,9-10,16-17,34-35H,7-8,11-13H2,(H,29,30,36)/t16-,17-/m0/s1. The van der Waals surface area contributed by atoms with Crippen LogP contribution in [0.3, 0.4) is 0 Å². The lowest BCUT2D eigenvalue weighted by Crippen LogP contribution is -2.48. The van der Waals surface area contributed by atoms with Gasteiger partial charge in [0.25, 0.3) is 0 Å². The molecule has 37 heavy (non-hydrogen) atoms. The second-order valence-corrected chi connectivity index (χ2v) is 8.68. The Morgan fingerprint density at radius 3 is 2.81 bits per heavy atom. The zero-order valence-electron chi connectivity index (χ0n) is 19.4. The lowest BCUT2D eigenvalue weighted by atomic mass is 10.1. The fourth-order valence-electron chi connectivity index (χ4n) is 4.32. The van der Waals surface area contributed by atoms with Crippen LogP contribution in [0.25, 0.3) is 11.4 Å². The van der Waals surface area contributed by atoms with Crippen LogP contribution in [-0.2, 0) is 6.18 Å². The quantitative estimate of drug-likeness (QED) is 0.457. The fraction of sp³-hybridized carbons (Fsp3) is 0.333. The normalized spacial score (nSPS) is 17.4. The van der Waals surface area contributed by atoms with Crippen molar-refractivity contribution in [3.63, 3.8) is 0 Å². The summed E-state index contributed by atoms with van der Waals surface area (Å²) >= 11 is 0. The van der Waals surface area contributed by atoms with Gasteiger partial charge in [-0.05, 0) is 24.6 Å². The van der Waals surface area contributed by atoms with Gasteiger partial charge in [-0.2, -0.15) is 18.2 Å². The third kappa shape index (κ3) is 5.13. The molecule has 1 saturated heterocycles. The van der Waals surface area contributed by atoms with E-state index in [1.165, 1.54) is 23.2 Å². The lowest BCUT2D eigenvalue weighted by molar-refractivity contribution is -0.137. The molecule has 2 aliphatic rings. The molecule has 1 aromatic carbocycles. The lowest BCUT2D eigenvalue weighted by Gasteiger charge is -2.35. The van der Waals surface area contributed by atoms with Crippen molar-refractivity contribution in [1.82, 2.24) is 15.0 Å². The van der Waals surface area contributed by atoms with Crippen molar-refractivity contribution in [2.45, 2.75) is 24.7 Å². The Morgan fingerprint density at radius 2 is 2.03 bits per heavy atom. The van der Waals surface area contributed by atoms with E-state index >= 15 is 0 Å². The van der Waals surface area contributed by atoms with Gasteiger partial charge in [0.05, 0.1) is 30.1 Å². The molecular formula is C24H23F3N6O4. The Balaban J connectivity index is 1.42. The van der Waals surface area contributed by atoms with Gasteiger partial charge >= 0.3 is 12.2 Å². The molecule has 0 aliphatic carbocycles. The molecule has 4 heterocycles. The van der Waals surface area contributed by atoms with Crippen LogP contribution in [0.15, 0.2) is 48.7 Å². The predicted octanol–water partition coefficient (Wildman–Crippen LogP) is 2.92. The first-order valence-corrected chi connectivity index (χ1v) is 11.5. The number of hydrogen-bond acceptors (Lipinski definition) is 8. The summed E-state index contributed by atoms with van der Waals surface area (Å²) in [6, 6.07) is 8.74. The molecule has 0 spiro atoms. The van der Waals surface area contributed by atoms with E-state index in [9.17, 15) is 23.1 Å². The first-order chi connectivity index (χ1) is 17.7. The molecule has 2 aromatic heterocycles. The fourth-order valence-corrected chi connectivity index (χ4v) is 4.32. The highest BCUT2D eigenvalue weighted by molar-refractivity contribution is 6.04. The van der Waals surface area contributed by atoms with Crippen molar-refractivity contribution in [1.29, 1.82) is 0 Å². The number of pyridine rings is 1. The smallest absolute Gasteiger partial charge is 0.416 e. The summed E-state index contributed by atoms with van der Waals surface area (Å²) in [5.74, 6) is 0.703. The topological polar surface area (TPSA) is 124 Å². The number of nitrogens with one attached hydrogen (secondary N) is 1. The molecule has 194 valence electrons. The number of carbonyl (C=O) groups excluding carboxylic acids is 1. The van der Waals surface area contributed by atoms with E-state index in [0.29, 0.717) is 31.0 Å². The van der Waals surface area contributed by atoms with Crippen LogP contribution >= 0.6 is 0 Å². The number of hydrogen-bond donors (Lipinski definition) is 3. The highest BCUT2D eigenvalue weighted by Gasteiger charge is 2.41. The number of anilines is 3. The summed E-state index contributed by atoms with van der Waals surface area (Å²) in [4.78, 5) is 29.9. The Bertz CT molecular complexity index is 1310. The maximum absolute atomic E-state index is 13.4. The molecule has 0 saturated carbocycles. The maximum Gasteiger partial charge on any atom is 0.416 e. The number of urea groups is 1. The summed E-state index contributed by atoms with van der Waals surface area (Å²) in [6.07, 6.45) is -3.37. The molecule has 3 aromatic rings. The number of aliphatic hydroxyl groups excluding tert-OH is 2. The molecule has 0 unspecified atom stereocenters. The van der Waals surface area contributed by atoms with E-state index < -0.39 is 30.5 Å². The average molecular weight is 516 g/mol. The third-order valence-corrected chi connectivity index (χ3v) is 6.11. The van der Waals surface area contributed by atoms with Crippen LogP contribution in [-0.4, -0.2) is 69.6 Å². The summed E-state index contributed by atoms with van der Waals surface area (Å²) in [5, 5.41) is 21.1. The zero-order chi connectivity index (χ0) is 26.2. The van der Waals surface area contributed by atoms with Crippen molar-refractivity contribution in [2.75, 3.05) is 41.4 Å². The monoisotopic (exact) mass is 516 g/mol. The van der Waals surface area contributed by atoms with Gasteiger partial charge in [0.15, 0.2) is 11.6 Å². The number of alkyl halides is 3. The second kappa shape index (κ2) is 9.82. The van der Waals surface area contributed by atoms with Crippen LogP contribution in [0, 0.1) is 0 Å². The van der Waals surface area contributed by atoms with E-state index in [0.717, 1.165) is 12.1 Å². The predicted molar refractivity (Wildman–Crippen MR) is 127 cm³/mol. The van der Waals surface area contributed by atoms with Crippen LogP contribution in [0.5, 0.6) is 5.88 Å². The van der Waals surface area contributed by atoms with Crippen molar-refractivity contribution < 1.29 is 32.9 Å². The molecule has 13 heteroatoms. The minimum Gasteiger partial charge on any atom is -0.475 e. The highest BCUT2D eigenvalue weighted by atomic mass is 19.4. The minimum atomic E-state index is -4.51. The van der Waals surface area contributed by atoms with Crippen molar-refractivity contribution in [3.05, 3.63) is 54.2 Å². The van der Waals surface area contributed by atoms with Crippen LogP contribution in [0.4, 0.5) is 35.3 Å². The summed E-state index contributed by atoms with van der Waals surface area (Å²) in [5.41, 5.74) is -0.0189. The molecule has 5 rings (SSSR count). The minimum absolute atomic E-state index is 0.0705. The molecule has 2 atom stereocenters. The highest BCUT2D eigenvalue weighted by Crippen LogP contribution is 2.40. The SMILES string of the molecule is O=C(Nc1cccc(OC[C@@H](O)CO)n1)N1c2nc(-c3cccc(C(F)(F)F)c3)ncc2N2CC[C@H]1C2. The Morgan fingerprint density at radius 1 is 1.22 bits per heavy atom. The number of fused-ring (bicyclic) bond motifs is 4. The van der Waals surface area contributed by atoms with Crippen molar-refractivity contribution in [3.8, 4) is 17.3 Å². The second-order valence-electron chi connectivity index (χ2n) is 8.68. The van der Waals surface area contributed by atoms with Gasteiger partial charge in [-0.3, -0.25) is 10.2 Å². The molecule has 3 N–H and O–H groups in total. The molecular weight excluding hydrogens is 493 g/mol. The largest absolute Gasteiger partial charge is 0.475 e. The van der Waals surface area contributed by atoms with Crippen molar-refractivity contribution in [2.24, 2.45) is 0 Å². The third-order valence-electron chi connectivity index (χ3n) is 6.11. The van der Waals surface area contributed by atoms with Gasteiger partial charge in [-0.15, -0.1) is 0 Å². The Kier molecular flexibility index (Phi) is 6.56. The van der Waals surface area contributed by atoms with E-state index in [1.807, 2.05) is 4.90 Å². The van der Waals surface area contributed by atoms with Gasteiger partial charge in [0.2, 0.25) is 5.88 Å². The first kappa shape index (κ1) is 24.7. The molecule has 2 amide bonds. The number of carbonyl (C=O) groups is 1. The molecule has 10 nitrogen and oxygen atoms in total. The van der Waals surface area contributed by atoms with Crippen LogP contribution in [0.2, 0.25) is 0 Å². The first-order valence-electron chi connectivity index (χ1n) is 11.5. The van der Waals surface area contributed by atoms with Crippen LogP contribution < -0.4 is 19.9 Å². The van der Waals surface area contributed by atoms with Gasteiger partial charge in [-0.25, -0.2) is 14.8 Å². The maximum atomic E-state index is 13.4. The van der Waals surface area contributed by atoms with E-state index in [-0.39, 0.29) is 35.7 Å². The molecule has 1 fully saturated rings. The van der Waals surface area contributed by atoms with E-state index in [2.05, 4.69) is 20.3 Å². The van der Waals surface area contributed by atoms with Gasteiger partial charge in [0, 0.05) is 24.7 Å². The van der Waals surface area contributed by atoms with E-state index in [1.54, 1.807) is 18.2 Å². The molecule has 2 bridgehead atoms. The number of ether oxygens (including phenoxy) is 1. The van der Waals surface area contributed by atoms with Gasteiger partial charge in [0.1, 0.15) is 18.5 Å². The number of amides is 2. The number of halogens is 3. The van der Waals surface area contributed by atoms with Gasteiger partial charge in [-0.1, -0.05) is 18.2 Å². The number of rotatable bonds is 6. The number of nitrogens with zero attached hydrogens (tertiary/aromatic N) is 5. The summed E-state index contributed by atoms with van der Waals surface area (Å²) in [7, 11) is 0. The van der Waals surface area contributed by atoms with Crippen molar-refractivity contribution >= 4 is 23.4 Å². The van der Waals surface area contributed by atoms with Crippen LogP contribution in [0.1, 0.15) is 12.0 Å². The van der Waals surface area contributed by atoms with Gasteiger partial charge < -0.3 is 19.8 Å². The number of aliphatic hydroxyl groups is 2. The molecule has 0 radical (unpaired) electrons. The average Bonchev–Trinajstić information content (AvgIpc) is 3.31. The Labute approximate surface area is 209 Å².